The highest BCUT2D eigenvalue weighted by atomic mass is 35.5. The van der Waals surface area contributed by atoms with E-state index in [9.17, 15) is 9.18 Å². The van der Waals surface area contributed by atoms with Gasteiger partial charge in [0.25, 0.3) is 0 Å². The van der Waals surface area contributed by atoms with Crippen molar-refractivity contribution in [3.05, 3.63) is 34.6 Å². The van der Waals surface area contributed by atoms with E-state index in [2.05, 4.69) is 17.6 Å². The monoisotopic (exact) mass is 326 g/mol. The van der Waals surface area contributed by atoms with Gasteiger partial charge >= 0.3 is 0 Å². The first kappa shape index (κ1) is 17.2. The van der Waals surface area contributed by atoms with Gasteiger partial charge in [0.1, 0.15) is 5.82 Å². The van der Waals surface area contributed by atoms with Gasteiger partial charge in [-0.05, 0) is 62.4 Å². The Labute approximate surface area is 136 Å². The number of carbonyl (C=O) groups excluding carboxylic acids is 1. The fraction of sp³-hybridized carbons (Fsp3) is 0.588. The molecule has 1 aromatic carbocycles. The maximum absolute atomic E-state index is 13.1. The molecule has 2 atom stereocenters. The molecular formula is C17H24ClFN2O. The van der Waals surface area contributed by atoms with Crippen LogP contribution in [0.2, 0.25) is 5.02 Å². The summed E-state index contributed by atoms with van der Waals surface area (Å²) in [6.07, 6.45) is 2.79. The maximum atomic E-state index is 13.1. The average Bonchev–Trinajstić information content (AvgIpc) is 2.47. The molecule has 1 aromatic rings. The zero-order chi connectivity index (χ0) is 16.1. The van der Waals surface area contributed by atoms with Crippen molar-refractivity contribution in [2.45, 2.75) is 39.2 Å². The van der Waals surface area contributed by atoms with Gasteiger partial charge in [-0.25, -0.2) is 4.39 Å². The normalized spacial score (nSPS) is 18.7. The van der Waals surface area contributed by atoms with E-state index in [1.54, 1.807) is 6.07 Å². The summed E-state index contributed by atoms with van der Waals surface area (Å²) >= 11 is 6.04. The van der Waals surface area contributed by atoms with Crippen LogP contribution in [-0.2, 0) is 4.79 Å². The molecule has 0 bridgehead atoms. The topological polar surface area (TPSA) is 41.1 Å². The van der Waals surface area contributed by atoms with Crippen LogP contribution in [0, 0.1) is 17.7 Å². The first-order valence-electron chi connectivity index (χ1n) is 7.92. The number of carbonyl (C=O) groups is 1. The number of hydrogen-bond acceptors (Lipinski definition) is 2. The Balaban J connectivity index is 1.87. The van der Waals surface area contributed by atoms with Crippen molar-refractivity contribution in [3.8, 4) is 0 Å². The van der Waals surface area contributed by atoms with Crippen molar-refractivity contribution in [2.75, 3.05) is 13.1 Å². The van der Waals surface area contributed by atoms with Gasteiger partial charge in [0, 0.05) is 11.4 Å². The Morgan fingerprint density at radius 2 is 2.09 bits per heavy atom. The molecule has 5 heteroatoms. The van der Waals surface area contributed by atoms with Crippen LogP contribution >= 0.6 is 11.6 Å². The minimum absolute atomic E-state index is 0.0268. The molecule has 2 N–H and O–H groups in total. The zero-order valence-corrected chi connectivity index (χ0v) is 13.9. The molecule has 2 rings (SSSR count). The highest BCUT2D eigenvalue weighted by Crippen LogP contribution is 2.26. The van der Waals surface area contributed by atoms with Crippen LogP contribution in [0.5, 0.6) is 0 Å². The minimum atomic E-state index is -0.369. The fourth-order valence-electron chi connectivity index (χ4n) is 3.10. The molecule has 22 heavy (non-hydrogen) atoms. The summed E-state index contributed by atoms with van der Waals surface area (Å²) in [6, 6.07) is 4.04. The van der Waals surface area contributed by atoms with Crippen LogP contribution in [0.25, 0.3) is 0 Å². The summed E-state index contributed by atoms with van der Waals surface area (Å²) in [5, 5.41) is 6.65. The SMILES string of the molecule is CC(NC(=O)CC(C)C1CCNCC1)c1ccc(F)cc1Cl. The van der Waals surface area contributed by atoms with E-state index < -0.39 is 0 Å². The van der Waals surface area contributed by atoms with E-state index in [4.69, 9.17) is 11.6 Å². The molecular weight excluding hydrogens is 303 g/mol. The average molecular weight is 327 g/mol. The highest BCUT2D eigenvalue weighted by molar-refractivity contribution is 6.31. The van der Waals surface area contributed by atoms with Crippen LogP contribution in [0.3, 0.4) is 0 Å². The molecule has 3 nitrogen and oxygen atoms in total. The second-order valence-corrected chi connectivity index (χ2v) is 6.63. The number of amides is 1. The molecule has 122 valence electrons. The van der Waals surface area contributed by atoms with Crippen LogP contribution in [0.4, 0.5) is 4.39 Å². The number of halogens is 2. The Morgan fingerprint density at radius 1 is 1.41 bits per heavy atom. The Kier molecular flexibility index (Phi) is 6.21. The van der Waals surface area contributed by atoms with Gasteiger partial charge in [-0.15, -0.1) is 0 Å². The third-order valence-corrected chi connectivity index (χ3v) is 4.83. The van der Waals surface area contributed by atoms with Gasteiger partial charge in [0.05, 0.1) is 6.04 Å². The molecule has 1 amide bonds. The van der Waals surface area contributed by atoms with E-state index in [1.165, 1.54) is 12.1 Å². The van der Waals surface area contributed by atoms with Crippen molar-refractivity contribution < 1.29 is 9.18 Å². The largest absolute Gasteiger partial charge is 0.350 e. The smallest absolute Gasteiger partial charge is 0.220 e. The van der Waals surface area contributed by atoms with Crippen LogP contribution in [-0.4, -0.2) is 19.0 Å². The van der Waals surface area contributed by atoms with Crippen molar-refractivity contribution in [1.29, 1.82) is 0 Å². The third-order valence-electron chi connectivity index (χ3n) is 4.50. The van der Waals surface area contributed by atoms with Gasteiger partial charge in [0.2, 0.25) is 5.91 Å². The second-order valence-electron chi connectivity index (χ2n) is 6.22. The van der Waals surface area contributed by atoms with Crippen LogP contribution in [0.1, 0.15) is 44.7 Å². The fourth-order valence-corrected chi connectivity index (χ4v) is 3.43. The maximum Gasteiger partial charge on any atom is 0.220 e. The predicted molar refractivity (Wildman–Crippen MR) is 87.3 cm³/mol. The molecule has 1 saturated heterocycles. The summed E-state index contributed by atoms with van der Waals surface area (Å²) in [7, 11) is 0. The van der Waals surface area contributed by atoms with Gasteiger partial charge in [0.15, 0.2) is 0 Å². The van der Waals surface area contributed by atoms with E-state index in [0.717, 1.165) is 31.5 Å². The zero-order valence-electron chi connectivity index (χ0n) is 13.2. The number of piperidine rings is 1. The van der Waals surface area contributed by atoms with E-state index in [0.29, 0.717) is 23.3 Å². The Morgan fingerprint density at radius 3 is 2.73 bits per heavy atom. The van der Waals surface area contributed by atoms with Crippen molar-refractivity contribution in [2.24, 2.45) is 11.8 Å². The lowest BCUT2D eigenvalue weighted by Gasteiger charge is -2.28. The van der Waals surface area contributed by atoms with Gasteiger partial charge in [-0.1, -0.05) is 24.6 Å². The quantitative estimate of drug-likeness (QED) is 0.866. The molecule has 1 aliphatic rings. The number of hydrogen-bond donors (Lipinski definition) is 2. The summed E-state index contributed by atoms with van der Waals surface area (Å²) in [5.41, 5.74) is 0.742. The van der Waals surface area contributed by atoms with Crippen LogP contribution in [0.15, 0.2) is 18.2 Å². The number of rotatable bonds is 5. The Bertz CT molecular complexity index is 517. The summed E-state index contributed by atoms with van der Waals surface area (Å²) in [4.78, 5) is 12.2. The summed E-state index contributed by atoms with van der Waals surface area (Å²) in [6.45, 7) is 6.09. The summed E-state index contributed by atoms with van der Waals surface area (Å²) < 4.78 is 13.1. The molecule has 0 radical (unpaired) electrons. The molecule has 0 aromatic heterocycles. The minimum Gasteiger partial charge on any atom is -0.350 e. The lowest BCUT2D eigenvalue weighted by molar-refractivity contribution is -0.123. The van der Waals surface area contributed by atoms with Crippen molar-refractivity contribution >= 4 is 17.5 Å². The first-order chi connectivity index (χ1) is 10.5. The molecule has 1 fully saturated rings. The predicted octanol–water partition coefficient (Wildman–Crippen LogP) is 3.68. The van der Waals surface area contributed by atoms with E-state index in [-0.39, 0.29) is 17.8 Å². The number of benzene rings is 1. The first-order valence-corrected chi connectivity index (χ1v) is 8.30. The van der Waals surface area contributed by atoms with Gasteiger partial charge < -0.3 is 10.6 Å². The lowest BCUT2D eigenvalue weighted by Crippen LogP contribution is -2.34. The molecule has 1 aliphatic heterocycles. The molecule has 0 aliphatic carbocycles. The Hall–Kier alpha value is -1.13. The molecule has 1 heterocycles. The second kappa shape index (κ2) is 7.93. The van der Waals surface area contributed by atoms with Gasteiger partial charge in [-0.2, -0.15) is 0 Å². The van der Waals surface area contributed by atoms with Crippen molar-refractivity contribution in [1.82, 2.24) is 10.6 Å². The van der Waals surface area contributed by atoms with E-state index >= 15 is 0 Å². The molecule has 0 saturated carbocycles. The van der Waals surface area contributed by atoms with E-state index in [1.807, 2.05) is 6.92 Å². The standard InChI is InChI=1S/C17H24ClFN2O/c1-11(13-5-7-20-8-6-13)9-17(22)21-12(2)15-4-3-14(19)10-16(15)18/h3-4,10-13,20H,5-9H2,1-2H3,(H,21,22). The molecule has 2 unspecified atom stereocenters. The van der Waals surface area contributed by atoms with Crippen molar-refractivity contribution in [3.63, 3.8) is 0 Å². The number of nitrogens with one attached hydrogen (secondary N) is 2. The highest BCUT2D eigenvalue weighted by Gasteiger charge is 2.23. The summed E-state index contributed by atoms with van der Waals surface area (Å²) in [5.74, 6) is 0.639. The van der Waals surface area contributed by atoms with Gasteiger partial charge in [-0.3, -0.25) is 4.79 Å². The van der Waals surface area contributed by atoms with Crippen LogP contribution < -0.4 is 10.6 Å². The lowest BCUT2D eigenvalue weighted by atomic mass is 9.84. The third kappa shape index (κ3) is 4.68. The molecule has 0 spiro atoms.